The maximum Gasteiger partial charge on any atom is 0.303 e. The number of fused-ring (bicyclic) bond motifs is 1. The van der Waals surface area contributed by atoms with Crippen LogP contribution < -0.4 is 4.74 Å². The van der Waals surface area contributed by atoms with E-state index in [1.807, 2.05) is 54.6 Å². The number of aromatic nitrogens is 1. The maximum absolute atomic E-state index is 11.1. The highest BCUT2D eigenvalue weighted by molar-refractivity contribution is 7.19. The molecule has 1 aromatic heterocycles. The normalized spacial score (nSPS) is 11.7. The van der Waals surface area contributed by atoms with E-state index < -0.39 is 5.97 Å². The average molecular weight is 381 g/mol. The summed E-state index contributed by atoms with van der Waals surface area (Å²) in [4.78, 5) is 15.8. The molecular weight excluding hydrogens is 358 g/mol. The molecule has 3 rings (SSSR count). The molecule has 0 aliphatic rings. The van der Waals surface area contributed by atoms with E-state index in [1.54, 1.807) is 11.3 Å². The van der Waals surface area contributed by atoms with Gasteiger partial charge in [0.1, 0.15) is 10.8 Å². The zero-order valence-corrected chi connectivity index (χ0v) is 16.2. The highest BCUT2D eigenvalue weighted by Gasteiger charge is 2.11. The summed E-state index contributed by atoms with van der Waals surface area (Å²) in [6.07, 6.45) is 4.70. The van der Waals surface area contributed by atoms with Gasteiger partial charge in [0, 0.05) is 6.42 Å². The standard InChI is InChI=1S/C22H23NO3S/c1-2-3-14-26-18-11-8-16(9-12-18)15-17(10-13-21(24)25)22-23-19-6-4-5-7-20(19)27-22/h4-9,11-12,15H,2-3,10,13-14H2,1H3,(H,24,25)/b17-15+. The van der Waals surface area contributed by atoms with Crippen LogP contribution in [-0.4, -0.2) is 22.7 Å². The van der Waals surface area contributed by atoms with Crippen molar-refractivity contribution in [3.63, 3.8) is 0 Å². The monoisotopic (exact) mass is 381 g/mol. The van der Waals surface area contributed by atoms with Crippen molar-refractivity contribution in [2.75, 3.05) is 6.61 Å². The lowest BCUT2D eigenvalue weighted by molar-refractivity contribution is -0.136. The van der Waals surface area contributed by atoms with Gasteiger partial charge >= 0.3 is 5.97 Å². The van der Waals surface area contributed by atoms with Gasteiger partial charge in [-0.05, 0) is 54.3 Å². The predicted octanol–water partition coefficient (Wildman–Crippen LogP) is 5.88. The Morgan fingerprint density at radius 1 is 1.15 bits per heavy atom. The van der Waals surface area contributed by atoms with Gasteiger partial charge in [-0.2, -0.15) is 0 Å². The Balaban J connectivity index is 1.84. The smallest absolute Gasteiger partial charge is 0.303 e. The van der Waals surface area contributed by atoms with Crippen molar-refractivity contribution in [3.8, 4) is 5.75 Å². The first-order valence-electron chi connectivity index (χ1n) is 9.17. The summed E-state index contributed by atoms with van der Waals surface area (Å²) in [7, 11) is 0. The van der Waals surface area contributed by atoms with Crippen molar-refractivity contribution < 1.29 is 14.6 Å². The van der Waals surface area contributed by atoms with Crippen LogP contribution in [-0.2, 0) is 4.79 Å². The first kappa shape index (κ1) is 19.1. The van der Waals surface area contributed by atoms with E-state index in [1.165, 1.54) is 0 Å². The summed E-state index contributed by atoms with van der Waals surface area (Å²) in [6, 6.07) is 15.9. The lowest BCUT2D eigenvalue weighted by Gasteiger charge is -2.06. The summed E-state index contributed by atoms with van der Waals surface area (Å²) in [5.41, 5.74) is 2.90. The Hall–Kier alpha value is -2.66. The van der Waals surface area contributed by atoms with E-state index in [0.717, 1.165) is 51.6 Å². The number of hydrogen-bond donors (Lipinski definition) is 1. The molecule has 0 aliphatic carbocycles. The van der Waals surface area contributed by atoms with Gasteiger partial charge in [-0.15, -0.1) is 11.3 Å². The number of benzene rings is 2. The summed E-state index contributed by atoms with van der Waals surface area (Å²) >= 11 is 1.60. The third-order valence-corrected chi connectivity index (χ3v) is 5.28. The quantitative estimate of drug-likeness (QED) is 0.470. The molecule has 0 unspecified atom stereocenters. The molecule has 0 atom stereocenters. The second kappa shape index (κ2) is 9.33. The molecule has 5 heteroatoms. The van der Waals surface area contributed by atoms with Crippen molar-refractivity contribution in [2.24, 2.45) is 0 Å². The zero-order valence-electron chi connectivity index (χ0n) is 15.4. The Morgan fingerprint density at radius 3 is 2.63 bits per heavy atom. The number of aliphatic carboxylic acids is 1. The van der Waals surface area contributed by atoms with Crippen LogP contribution >= 0.6 is 11.3 Å². The number of allylic oxidation sites excluding steroid dienone is 1. The van der Waals surface area contributed by atoms with Crippen LogP contribution in [0.5, 0.6) is 5.75 Å². The van der Waals surface area contributed by atoms with Crippen LogP contribution in [0, 0.1) is 0 Å². The number of carboxylic acids is 1. The molecule has 1 N–H and O–H groups in total. The summed E-state index contributed by atoms with van der Waals surface area (Å²) in [5.74, 6) is 0.0503. The fraction of sp³-hybridized carbons (Fsp3) is 0.273. The van der Waals surface area contributed by atoms with Crippen molar-refractivity contribution in [2.45, 2.75) is 32.6 Å². The van der Waals surface area contributed by atoms with E-state index in [-0.39, 0.29) is 6.42 Å². The van der Waals surface area contributed by atoms with Gasteiger partial charge in [0.15, 0.2) is 0 Å². The Kier molecular flexibility index (Phi) is 6.60. The van der Waals surface area contributed by atoms with Gasteiger partial charge in [-0.3, -0.25) is 4.79 Å². The number of carbonyl (C=O) groups is 1. The van der Waals surface area contributed by atoms with Gasteiger partial charge < -0.3 is 9.84 Å². The molecule has 0 saturated heterocycles. The summed E-state index contributed by atoms with van der Waals surface area (Å²) < 4.78 is 6.81. The Labute approximate surface area is 163 Å². The second-order valence-electron chi connectivity index (χ2n) is 6.32. The molecule has 140 valence electrons. The number of unbranched alkanes of at least 4 members (excludes halogenated alkanes) is 1. The summed E-state index contributed by atoms with van der Waals surface area (Å²) in [5, 5.41) is 9.97. The Bertz CT molecular complexity index is 895. The van der Waals surface area contributed by atoms with E-state index in [9.17, 15) is 4.79 Å². The van der Waals surface area contributed by atoms with Gasteiger partial charge in [0.2, 0.25) is 0 Å². The third kappa shape index (κ3) is 5.41. The first-order chi connectivity index (χ1) is 13.2. The molecule has 0 amide bonds. The highest BCUT2D eigenvalue weighted by atomic mass is 32.1. The van der Waals surface area contributed by atoms with E-state index in [0.29, 0.717) is 6.42 Å². The topological polar surface area (TPSA) is 59.4 Å². The fourth-order valence-corrected chi connectivity index (χ4v) is 3.70. The molecule has 0 fully saturated rings. The molecule has 0 aliphatic heterocycles. The number of nitrogens with zero attached hydrogens (tertiary/aromatic N) is 1. The molecule has 0 spiro atoms. The molecule has 27 heavy (non-hydrogen) atoms. The second-order valence-corrected chi connectivity index (χ2v) is 7.35. The lowest BCUT2D eigenvalue weighted by Crippen LogP contribution is -1.96. The molecule has 1 heterocycles. The molecule has 0 bridgehead atoms. The van der Waals surface area contributed by atoms with Crippen molar-refractivity contribution in [3.05, 3.63) is 59.1 Å². The number of rotatable bonds is 9. The minimum Gasteiger partial charge on any atom is -0.494 e. The van der Waals surface area contributed by atoms with Crippen LogP contribution in [0.4, 0.5) is 0 Å². The molecule has 0 radical (unpaired) electrons. The molecule has 2 aromatic carbocycles. The highest BCUT2D eigenvalue weighted by Crippen LogP contribution is 2.31. The van der Waals surface area contributed by atoms with Crippen LogP contribution in [0.2, 0.25) is 0 Å². The van der Waals surface area contributed by atoms with Crippen molar-refractivity contribution in [1.82, 2.24) is 4.98 Å². The molecular formula is C22H23NO3S. The van der Waals surface area contributed by atoms with Crippen LogP contribution in [0.25, 0.3) is 21.9 Å². The number of hydrogen-bond acceptors (Lipinski definition) is 4. The SMILES string of the molecule is CCCCOc1ccc(/C=C(\CCC(=O)O)c2nc3ccccc3s2)cc1. The van der Waals surface area contributed by atoms with E-state index in [2.05, 4.69) is 11.9 Å². The van der Waals surface area contributed by atoms with Gasteiger partial charge in [0.25, 0.3) is 0 Å². The van der Waals surface area contributed by atoms with Gasteiger partial charge in [-0.25, -0.2) is 4.98 Å². The van der Waals surface area contributed by atoms with E-state index >= 15 is 0 Å². The largest absolute Gasteiger partial charge is 0.494 e. The van der Waals surface area contributed by atoms with E-state index in [4.69, 9.17) is 9.84 Å². The van der Waals surface area contributed by atoms with Crippen molar-refractivity contribution in [1.29, 1.82) is 0 Å². The van der Waals surface area contributed by atoms with Crippen LogP contribution in [0.3, 0.4) is 0 Å². The lowest BCUT2D eigenvalue weighted by atomic mass is 10.1. The molecule has 0 saturated carbocycles. The van der Waals surface area contributed by atoms with Crippen LogP contribution in [0.15, 0.2) is 48.5 Å². The minimum absolute atomic E-state index is 0.0833. The summed E-state index contributed by atoms with van der Waals surface area (Å²) in [6.45, 7) is 2.86. The number of ether oxygens (including phenoxy) is 1. The molecule has 3 aromatic rings. The number of carboxylic acid groups (broad SMARTS) is 1. The van der Waals surface area contributed by atoms with Crippen LogP contribution in [0.1, 0.15) is 43.2 Å². The number of para-hydroxylation sites is 1. The zero-order chi connectivity index (χ0) is 19.1. The molecule has 4 nitrogen and oxygen atoms in total. The third-order valence-electron chi connectivity index (χ3n) is 4.16. The average Bonchev–Trinajstić information content (AvgIpc) is 3.10. The predicted molar refractivity (Wildman–Crippen MR) is 111 cm³/mol. The Morgan fingerprint density at radius 2 is 1.93 bits per heavy atom. The maximum atomic E-state index is 11.1. The fourth-order valence-electron chi connectivity index (χ4n) is 2.69. The first-order valence-corrected chi connectivity index (χ1v) is 9.98. The minimum atomic E-state index is -0.804. The van der Waals surface area contributed by atoms with Crippen molar-refractivity contribution >= 4 is 39.2 Å². The van der Waals surface area contributed by atoms with Gasteiger partial charge in [0.05, 0.1) is 16.8 Å². The number of thiazole rings is 1. The van der Waals surface area contributed by atoms with Gasteiger partial charge in [-0.1, -0.05) is 37.6 Å².